The van der Waals surface area contributed by atoms with Crippen molar-refractivity contribution in [2.75, 3.05) is 13.2 Å². The molecule has 0 radical (unpaired) electrons. The van der Waals surface area contributed by atoms with Crippen LogP contribution in [0.15, 0.2) is 0 Å². The summed E-state index contributed by atoms with van der Waals surface area (Å²) in [4.78, 5) is 24.7. The van der Waals surface area contributed by atoms with E-state index in [4.69, 9.17) is 9.84 Å². The highest BCUT2D eigenvalue weighted by Crippen LogP contribution is 2.23. The minimum Gasteiger partial charge on any atom is -0.480 e. The molecule has 1 N–H and O–H groups in total. The van der Waals surface area contributed by atoms with Gasteiger partial charge in [0.05, 0.1) is 0 Å². The van der Waals surface area contributed by atoms with Crippen molar-refractivity contribution in [1.82, 2.24) is 4.90 Å². The van der Waals surface area contributed by atoms with Crippen LogP contribution in [0, 0.1) is 5.92 Å². The Balaban J connectivity index is 2.72. The number of ether oxygens (including phenoxy) is 1. The van der Waals surface area contributed by atoms with Crippen LogP contribution < -0.4 is 0 Å². The number of hydrogen-bond donors (Lipinski definition) is 1. The molecule has 3 unspecified atom stereocenters. The quantitative estimate of drug-likeness (QED) is 0.803. The van der Waals surface area contributed by atoms with E-state index in [0.717, 1.165) is 6.42 Å². The van der Waals surface area contributed by atoms with Gasteiger partial charge in [-0.3, -0.25) is 4.79 Å². The van der Waals surface area contributed by atoms with Gasteiger partial charge in [0, 0.05) is 13.2 Å². The number of carboxylic acids is 1. The summed E-state index contributed by atoms with van der Waals surface area (Å²) in [6.07, 6.45) is 0.823. The van der Waals surface area contributed by atoms with Gasteiger partial charge in [0.2, 0.25) is 0 Å². The number of likely N-dealkylation sites (tertiary alicyclic amines) is 1. The first kappa shape index (κ1) is 14.0. The van der Waals surface area contributed by atoms with Crippen LogP contribution in [0.2, 0.25) is 0 Å². The molecule has 1 rings (SSSR count). The first-order valence-corrected chi connectivity index (χ1v) is 6.12. The standard InChI is InChI=1S/C12H21NO4/c1-4-17-9(3)11(14)13-6-5-8(2)7-10(13)12(15)16/h8-10H,4-7H2,1-3H3,(H,15,16). The molecule has 0 saturated carbocycles. The second-order valence-electron chi connectivity index (χ2n) is 4.61. The molecule has 0 aromatic carbocycles. The zero-order valence-electron chi connectivity index (χ0n) is 10.7. The summed E-state index contributed by atoms with van der Waals surface area (Å²) in [5, 5.41) is 9.15. The van der Waals surface area contributed by atoms with E-state index in [2.05, 4.69) is 0 Å². The van der Waals surface area contributed by atoms with Crippen molar-refractivity contribution >= 4 is 11.9 Å². The molecule has 0 spiro atoms. The van der Waals surface area contributed by atoms with E-state index in [1.165, 1.54) is 4.90 Å². The highest BCUT2D eigenvalue weighted by atomic mass is 16.5. The van der Waals surface area contributed by atoms with E-state index >= 15 is 0 Å². The fraction of sp³-hybridized carbons (Fsp3) is 0.833. The molecule has 1 aliphatic heterocycles. The Hall–Kier alpha value is -1.10. The Morgan fingerprint density at radius 2 is 2.18 bits per heavy atom. The maximum Gasteiger partial charge on any atom is 0.326 e. The number of nitrogens with zero attached hydrogens (tertiary/aromatic N) is 1. The van der Waals surface area contributed by atoms with Crippen molar-refractivity contribution in [3.8, 4) is 0 Å². The van der Waals surface area contributed by atoms with Gasteiger partial charge < -0.3 is 14.7 Å². The van der Waals surface area contributed by atoms with Gasteiger partial charge in [-0.15, -0.1) is 0 Å². The van der Waals surface area contributed by atoms with Crippen LogP contribution in [0.3, 0.4) is 0 Å². The van der Waals surface area contributed by atoms with Crippen molar-refractivity contribution in [3.05, 3.63) is 0 Å². The largest absolute Gasteiger partial charge is 0.480 e. The highest BCUT2D eigenvalue weighted by Gasteiger charge is 2.36. The predicted octanol–water partition coefficient (Wildman–Crippen LogP) is 1.12. The molecule has 98 valence electrons. The van der Waals surface area contributed by atoms with Crippen LogP contribution in [-0.4, -0.2) is 47.2 Å². The molecule has 1 amide bonds. The Kier molecular flexibility index (Phi) is 4.93. The molecule has 17 heavy (non-hydrogen) atoms. The van der Waals surface area contributed by atoms with Crippen molar-refractivity contribution in [2.45, 2.75) is 45.8 Å². The van der Waals surface area contributed by atoms with Crippen molar-refractivity contribution in [1.29, 1.82) is 0 Å². The third-order valence-electron chi connectivity index (χ3n) is 3.20. The van der Waals surface area contributed by atoms with Gasteiger partial charge in [-0.2, -0.15) is 0 Å². The first-order chi connectivity index (χ1) is 7.97. The number of hydrogen-bond acceptors (Lipinski definition) is 3. The first-order valence-electron chi connectivity index (χ1n) is 6.12. The van der Waals surface area contributed by atoms with E-state index < -0.39 is 18.1 Å². The van der Waals surface area contributed by atoms with E-state index in [-0.39, 0.29) is 5.91 Å². The molecule has 0 aromatic heterocycles. The number of carbonyl (C=O) groups excluding carboxylic acids is 1. The smallest absolute Gasteiger partial charge is 0.326 e. The average molecular weight is 243 g/mol. The van der Waals surface area contributed by atoms with Gasteiger partial charge in [-0.25, -0.2) is 4.79 Å². The zero-order valence-corrected chi connectivity index (χ0v) is 10.7. The normalized spacial score (nSPS) is 26.6. The van der Waals surface area contributed by atoms with Gasteiger partial charge >= 0.3 is 5.97 Å². The van der Waals surface area contributed by atoms with Crippen LogP contribution in [0.25, 0.3) is 0 Å². The van der Waals surface area contributed by atoms with Gasteiger partial charge in [0.15, 0.2) is 0 Å². The Morgan fingerprint density at radius 1 is 1.53 bits per heavy atom. The lowest BCUT2D eigenvalue weighted by atomic mass is 9.92. The summed E-state index contributed by atoms with van der Waals surface area (Å²) >= 11 is 0. The predicted molar refractivity (Wildman–Crippen MR) is 62.6 cm³/mol. The molecule has 1 saturated heterocycles. The molecule has 1 heterocycles. The minimum absolute atomic E-state index is 0.217. The lowest BCUT2D eigenvalue weighted by Gasteiger charge is -2.37. The second kappa shape index (κ2) is 6.00. The molecule has 1 fully saturated rings. The van der Waals surface area contributed by atoms with Crippen molar-refractivity contribution < 1.29 is 19.4 Å². The Bertz CT molecular complexity index is 292. The molecule has 3 atom stereocenters. The third kappa shape index (κ3) is 3.43. The van der Waals surface area contributed by atoms with Gasteiger partial charge in [-0.05, 0) is 32.6 Å². The number of carboxylic acid groups (broad SMARTS) is 1. The second-order valence-corrected chi connectivity index (χ2v) is 4.61. The fourth-order valence-electron chi connectivity index (χ4n) is 2.19. The number of aliphatic carboxylic acids is 1. The Morgan fingerprint density at radius 3 is 2.71 bits per heavy atom. The average Bonchev–Trinajstić information content (AvgIpc) is 2.28. The number of piperidine rings is 1. The van der Waals surface area contributed by atoms with Crippen LogP contribution in [0.5, 0.6) is 0 Å². The van der Waals surface area contributed by atoms with E-state index in [1.54, 1.807) is 6.92 Å². The summed E-state index contributed by atoms with van der Waals surface area (Å²) in [6.45, 7) is 6.46. The Labute approximate surface area is 102 Å². The van der Waals surface area contributed by atoms with Crippen molar-refractivity contribution in [2.24, 2.45) is 5.92 Å². The van der Waals surface area contributed by atoms with Crippen LogP contribution in [-0.2, 0) is 14.3 Å². The van der Waals surface area contributed by atoms with Gasteiger partial charge in [0.1, 0.15) is 12.1 Å². The van der Waals surface area contributed by atoms with E-state index in [9.17, 15) is 9.59 Å². The maximum atomic E-state index is 12.0. The summed E-state index contributed by atoms with van der Waals surface area (Å²) in [5.41, 5.74) is 0. The molecule has 5 heteroatoms. The summed E-state index contributed by atoms with van der Waals surface area (Å²) in [7, 11) is 0. The summed E-state index contributed by atoms with van der Waals surface area (Å²) in [5.74, 6) is -0.790. The van der Waals surface area contributed by atoms with Gasteiger partial charge in [-0.1, -0.05) is 6.92 Å². The van der Waals surface area contributed by atoms with E-state index in [1.807, 2.05) is 13.8 Å². The van der Waals surface area contributed by atoms with Crippen molar-refractivity contribution in [3.63, 3.8) is 0 Å². The zero-order chi connectivity index (χ0) is 13.0. The maximum absolute atomic E-state index is 12.0. The molecule has 5 nitrogen and oxygen atoms in total. The third-order valence-corrected chi connectivity index (χ3v) is 3.20. The van der Waals surface area contributed by atoms with Gasteiger partial charge in [0.25, 0.3) is 5.91 Å². The summed E-state index contributed by atoms with van der Waals surface area (Å²) < 4.78 is 5.23. The summed E-state index contributed by atoms with van der Waals surface area (Å²) in [6, 6.07) is -0.700. The number of amides is 1. The minimum atomic E-state index is -0.923. The highest BCUT2D eigenvalue weighted by molar-refractivity contribution is 5.86. The molecule has 0 aliphatic carbocycles. The molecular weight excluding hydrogens is 222 g/mol. The number of rotatable bonds is 4. The molecular formula is C12H21NO4. The molecule has 0 aromatic rings. The lowest BCUT2D eigenvalue weighted by molar-refractivity contribution is -0.158. The number of carbonyl (C=O) groups is 2. The van der Waals surface area contributed by atoms with Crippen LogP contribution in [0.4, 0.5) is 0 Å². The van der Waals surface area contributed by atoms with Crippen LogP contribution in [0.1, 0.15) is 33.6 Å². The molecule has 0 bridgehead atoms. The topological polar surface area (TPSA) is 66.8 Å². The fourth-order valence-corrected chi connectivity index (χ4v) is 2.19. The van der Waals surface area contributed by atoms with E-state index in [0.29, 0.717) is 25.5 Å². The van der Waals surface area contributed by atoms with Crippen LogP contribution >= 0.6 is 0 Å². The SMILES string of the molecule is CCOC(C)C(=O)N1CCC(C)CC1C(=O)O. The molecule has 1 aliphatic rings. The monoisotopic (exact) mass is 243 g/mol. The lowest BCUT2D eigenvalue weighted by Crippen LogP contribution is -2.52.